The number of carbonyl (C=O) groups is 1. The maximum absolute atomic E-state index is 11.5. The van der Waals surface area contributed by atoms with Crippen molar-refractivity contribution in [2.24, 2.45) is 5.73 Å². The molecule has 0 radical (unpaired) electrons. The van der Waals surface area contributed by atoms with Crippen LogP contribution in [-0.4, -0.2) is 38.3 Å². The van der Waals surface area contributed by atoms with Crippen molar-refractivity contribution in [1.29, 1.82) is 0 Å². The molecule has 0 bridgehead atoms. The molecule has 0 saturated heterocycles. The van der Waals surface area contributed by atoms with Crippen LogP contribution in [0.15, 0.2) is 24.3 Å². The summed E-state index contributed by atoms with van der Waals surface area (Å²) in [5, 5.41) is 3.11. The Morgan fingerprint density at radius 1 is 1.29 bits per heavy atom. The molecule has 5 nitrogen and oxygen atoms in total. The molecule has 1 amide bonds. The molecule has 1 rings (SSSR count). The Bertz CT molecular complexity index is 434. The molecule has 118 valence electrons. The topological polar surface area (TPSA) is 73.6 Å². The van der Waals surface area contributed by atoms with Crippen LogP contribution in [0.4, 0.5) is 0 Å². The van der Waals surface area contributed by atoms with Crippen molar-refractivity contribution >= 4 is 5.91 Å². The standard InChI is InChI=1S/C16H26N2O3/c1-4-18-16(2,15(17)19)10-12-21-14-7-5-13(6-8-14)9-11-20-3/h5-8,18H,4,9-12H2,1-3H3,(H2,17,19). The Morgan fingerprint density at radius 3 is 2.48 bits per heavy atom. The summed E-state index contributed by atoms with van der Waals surface area (Å²) in [6, 6.07) is 7.90. The predicted molar refractivity (Wildman–Crippen MR) is 83.4 cm³/mol. The van der Waals surface area contributed by atoms with Gasteiger partial charge in [-0.15, -0.1) is 0 Å². The number of hydrogen-bond acceptors (Lipinski definition) is 4. The summed E-state index contributed by atoms with van der Waals surface area (Å²) >= 11 is 0. The van der Waals surface area contributed by atoms with E-state index in [4.69, 9.17) is 15.2 Å². The van der Waals surface area contributed by atoms with E-state index in [1.165, 1.54) is 5.56 Å². The van der Waals surface area contributed by atoms with E-state index in [9.17, 15) is 4.79 Å². The molecular formula is C16H26N2O3. The number of hydrogen-bond donors (Lipinski definition) is 2. The van der Waals surface area contributed by atoms with Crippen molar-refractivity contribution in [3.63, 3.8) is 0 Å². The fraction of sp³-hybridized carbons (Fsp3) is 0.562. The number of likely N-dealkylation sites (N-methyl/N-ethyl adjacent to an activating group) is 1. The number of benzene rings is 1. The van der Waals surface area contributed by atoms with Crippen molar-refractivity contribution in [1.82, 2.24) is 5.32 Å². The van der Waals surface area contributed by atoms with Crippen LogP contribution >= 0.6 is 0 Å². The highest BCUT2D eigenvalue weighted by Gasteiger charge is 2.29. The molecule has 0 saturated carbocycles. The van der Waals surface area contributed by atoms with Crippen LogP contribution in [0.1, 0.15) is 25.8 Å². The fourth-order valence-corrected chi connectivity index (χ4v) is 2.03. The lowest BCUT2D eigenvalue weighted by Crippen LogP contribution is -2.53. The van der Waals surface area contributed by atoms with Crippen LogP contribution in [-0.2, 0) is 16.0 Å². The van der Waals surface area contributed by atoms with Crippen molar-refractivity contribution < 1.29 is 14.3 Å². The summed E-state index contributed by atoms with van der Waals surface area (Å²) < 4.78 is 10.7. The molecule has 0 aliphatic heterocycles. The van der Waals surface area contributed by atoms with Gasteiger partial charge in [-0.25, -0.2) is 0 Å². The smallest absolute Gasteiger partial charge is 0.237 e. The molecular weight excluding hydrogens is 268 g/mol. The molecule has 1 aromatic rings. The van der Waals surface area contributed by atoms with Crippen LogP contribution < -0.4 is 15.8 Å². The molecule has 1 aromatic carbocycles. The summed E-state index contributed by atoms with van der Waals surface area (Å²) in [6.07, 6.45) is 1.42. The largest absolute Gasteiger partial charge is 0.494 e. The summed E-state index contributed by atoms with van der Waals surface area (Å²) in [5.74, 6) is 0.433. The van der Waals surface area contributed by atoms with Gasteiger partial charge in [0.2, 0.25) is 5.91 Å². The first-order chi connectivity index (χ1) is 10.0. The number of carbonyl (C=O) groups excluding carboxylic acids is 1. The highest BCUT2D eigenvalue weighted by Crippen LogP contribution is 2.15. The van der Waals surface area contributed by atoms with E-state index in [1.54, 1.807) is 14.0 Å². The first kappa shape index (κ1) is 17.5. The Kier molecular flexibility index (Phi) is 7.19. The summed E-state index contributed by atoms with van der Waals surface area (Å²) in [5.41, 5.74) is 5.91. The molecule has 0 aliphatic rings. The minimum atomic E-state index is -0.729. The number of nitrogens with one attached hydrogen (secondary N) is 1. The Labute approximate surface area is 126 Å². The molecule has 0 aliphatic carbocycles. The molecule has 0 heterocycles. The van der Waals surface area contributed by atoms with Gasteiger partial charge in [0.25, 0.3) is 0 Å². The van der Waals surface area contributed by atoms with Gasteiger partial charge in [0, 0.05) is 13.5 Å². The second kappa shape index (κ2) is 8.64. The molecule has 21 heavy (non-hydrogen) atoms. The minimum absolute atomic E-state index is 0.358. The van der Waals surface area contributed by atoms with E-state index in [-0.39, 0.29) is 5.91 Å². The lowest BCUT2D eigenvalue weighted by Gasteiger charge is -2.26. The van der Waals surface area contributed by atoms with E-state index in [0.717, 1.165) is 12.2 Å². The normalized spacial score (nSPS) is 13.7. The third-order valence-electron chi connectivity index (χ3n) is 3.50. The molecule has 0 fully saturated rings. The maximum Gasteiger partial charge on any atom is 0.237 e. The molecule has 0 spiro atoms. The van der Waals surface area contributed by atoms with E-state index in [2.05, 4.69) is 5.32 Å². The first-order valence-corrected chi connectivity index (χ1v) is 7.27. The fourth-order valence-electron chi connectivity index (χ4n) is 2.03. The van der Waals surface area contributed by atoms with E-state index in [0.29, 0.717) is 26.2 Å². The Hall–Kier alpha value is -1.59. The Balaban J connectivity index is 2.46. The van der Waals surface area contributed by atoms with E-state index >= 15 is 0 Å². The van der Waals surface area contributed by atoms with E-state index in [1.807, 2.05) is 31.2 Å². The minimum Gasteiger partial charge on any atom is -0.494 e. The highest BCUT2D eigenvalue weighted by atomic mass is 16.5. The third kappa shape index (κ3) is 5.73. The molecule has 0 aromatic heterocycles. The monoisotopic (exact) mass is 294 g/mol. The SMILES string of the molecule is CCNC(C)(CCOc1ccc(CCOC)cc1)C(N)=O. The quantitative estimate of drug-likeness (QED) is 0.686. The van der Waals surface area contributed by atoms with Crippen molar-refractivity contribution in [2.75, 3.05) is 26.9 Å². The van der Waals surface area contributed by atoms with Crippen molar-refractivity contribution in [3.8, 4) is 5.75 Å². The van der Waals surface area contributed by atoms with Crippen LogP contribution in [0.5, 0.6) is 5.75 Å². The van der Waals surface area contributed by atoms with Gasteiger partial charge >= 0.3 is 0 Å². The van der Waals surface area contributed by atoms with Gasteiger partial charge in [-0.2, -0.15) is 0 Å². The zero-order chi connectivity index (χ0) is 15.7. The number of methoxy groups -OCH3 is 1. The van der Waals surface area contributed by atoms with Gasteiger partial charge in [-0.05, 0) is 37.6 Å². The lowest BCUT2D eigenvalue weighted by molar-refractivity contribution is -0.124. The van der Waals surface area contributed by atoms with Crippen LogP contribution in [0, 0.1) is 0 Å². The summed E-state index contributed by atoms with van der Waals surface area (Å²) in [6.45, 7) is 5.58. The van der Waals surface area contributed by atoms with E-state index < -0.39 is 5.54 Å². The van der Waals surface area contributed by atoms with Crippen molar-refractivity contribution in [2.45, 2.75) is 32.2 Å². The summed E-state index contributed by atoms with van der Waals surface area (Å²) in [4.78, 5) is 11.5. The predicted octanol–water partition coefficient (Wildman–Crippen LogP) is 1.50. The highest BCUT2D eigenvalue weighted by molar-refractivity contribution is 5.84. The second-order valence-electron chi connectivity index (χ2n) is 5.21. The summed E-state index contributed by atoms with van der Waals surface area (Å²) in [7, 11) is 1.69. The van der Waals surface area contributed by atoms with Crippen molar-refractivity contribution in [3.05, 3.63) is 29.8 Å². The maximum atomic E-state index is 11.5. The molecule has 5 heteroatoms. The molecule has 3 N–H and O–H groups in total. The number of nitrogens with two attached hydrogens (primary N) is 1. The van der Waals surface area contributed by atoms with Gasteiger partial charge in [0.15, 0.2) is 0 Å². The number of ether oxygens (including phenoxy) is 2. The number of primary amides is 1. The van der Waals surface area contributed by atoms with Gasteiger partial charge in [0.1, 0.15) is 5.75 Å². The van der Waals surface area contributed by atoms with Gasteiger partial charge < -0.3 is 20.5 Å². The number of amides is 1. The molecule has 1 unspecified atom stereocenters. The lowest BCUT2D eigenvalue weighted by atomic mass is 9.97. The first-order valence-electron chi connectivity index (χ1n) is 7.27. The van der Waals surface area contributed by atoms with Crippen LogP contribution in [0.3, 0.4) is 0 Å². The van der Waals surface area contributed by atoms with Gasteiger partial charge in [-0.1, -0.05) is 19.1 Å². The van der Waals surface area contributed by atoms with Crippen LogP contribution in [0.25, 0.3) is 0 Å². The number of rotatable bonds is 10. The van der Waals surface area contributed by atoms with Gasteiger partial charge in [0.05, 0.1) is 18.8 Å². The molecule has 1 atom stereocenters. The average Bonchev–Trinajstić information content (AvgIpc) is 2.46. The second-order valence-corrected chi connectivity index (χ2v) is 5.21. The zero-order valence-corrected chi connectivity index (χ0v) is 13.1. The van der Waals surface area contributed by atoms with Crippen LogP contribution in [0.2, 0.25) is 0 Å². The Morgan fingerprint density at radius 2 is 1.95 bits per heavy atom. The third-order valence-corrected chi connectivity index (χ3v) is 3.50. The zero-order valence-electron chi connectivity index (χ0n) is 13.1. The average molecular weight is 294 g/mol. The van der Waals surface area contributed by atoms with Gasteiger partial charge in [-0.3, -0.25) is 4.79 Å².